The van der Waals surface area contributed by atoms with Crippen LogP contribution in [0.15, 0.2) is 59.5 Å². The molecule has 206 valence electrons. The average molecular weight is 545 g/mol. The molecule has 0 radical (unpaired) electrons. The maximum absolute atomic E-state index is 13.1. The standard InChI is InChI=1S/C28H36N2O7S/c1-20-10-12-23(13-11-20)38(33,34)36-19-22-16-30(27(32)37-28(2,3)4)25-17-29(15-14-24(22)25)26(31)35-18-21-8-6-5-7-9-21/h5-13,22,24-25H,14-19H2,1-4H3/t22-,24+,25+/m1/s1. The molecule has 0 saturated carbocycles. The predicted octanol–water partition coefficient (Wildman–Crippen LogP) is 4.59. The van der Waals surface area contributed by atoms with Gasteiger partial charge in [0.1, 0.15) is 12.2 Å². The molecule has 4 rings (SSSR count). The minimum Gasteiger partial charge on any atom is -0.445 e. The number of piperidine rings is 1. The van der Waals surface area contributed by atoms with Crippen molar-refractivity contribution in [1.29, 1.82) is 0 Å². The van der Waals surface area contributed by atoms with Crippen molar-refractivity contribution in [3.8, 4) is 0 Å². The van der Waals surface area contributed by atoms with Gasteiger partial charge in [0.05, 0.1) is 17.5 Å². The van der Waals surface area contributed by atoms with Crippen LogP contribution in [0.25, 0.3) is 0 Å². The van der Waals surface area contributed by atoms with E-state index in [0.29, 0.717) is 13.0 Å². The molecule has 2 aliphatic rings. The fraction of sp³-hybridized carbons (Fsp3) is 0.500. The van der Waals surface area contributed by atoms with Gasteiger partial charge in [0.25, 0.3) is 10.1 Å². The van der Waals surface area contributed by atoms with E-state index >= 15 is 0 Å². The summed E-state index contributed by atoms with van der Waals surface area (Å²) in [6.45, 7) is 8.36. The minimum atomic E-state index is -3.95. The molecule has 2 heterocycles. The number of amides is 2. The first-order valence-electron chi connectivity index (χ1n) is 12.8. The van der Waals surface area contributed by atoms with Crippen molar-refractivity contribution < 1.29 is 31.7 Å². The van der Waals surface area contributed by atoms with Gasteiger partial charge in [-0.3, -0.25) is 4.18 Å². The second-order valence-electron chi connectivity index (χ2n) is 11.0. The molecular weight excluding hydrogens is 508 g/mol. The van der Waals surface area contributed by atoms with Crippen LogP contribution in [0, 0.1) is 18.8 Å². The second-order valence-corrected chi connectivity index (χ2v) is 12.6. The minimum absolute atomic E-state index is 0.0473. The van der Waals surface area contributed by atoms with Crippen LogP contribution in [0.1, 0.15) is 38.3 Å². The Morgan fingerprint density at radius 1 is 0.974 bits per heavy atom. The highest BCUT2D eigenvalue weighted by molar-refractivity contribution is 7.86. The van der Waals surface area contributed by atoms with Gasteiger partial charge >= 0.3 is 12.2 Å². The molecule has 2 fully saturated rings. The van der Waals surface area contributed by atoms with E-state index in [1.54, 1.807) is 42.7 Å². The topological polar surface area (TPSA) is 102 Å². The number of nitrogens with zero attached hydrogens (tertiary/aromatic N) is 2. The van der Waals surface area contributed by atoms with Gasteiger partial charge in [-0.05, 0) is 57.7 Å². The van der Waals surface area contributed by atoms with E-state index in [1.165, 1.54) is 12.1 Å². The number of aryl methyl sites for hydroxylation is 1. The lowest BCUT2D eigenvalue weighted by Gasteiger charge is -2.38. The number of fused-ring (bicyclic) bond motifs is 1. The summed E-state index contributed by atoms with van der Waals surface area (Å²) in [5.41, 5.74) is 1.14. The van der Waals surface area contributed by atoms with Gasteiger partial charge < -0.3 is 19.3 Å². The van der Waals surface area contributed by atoms with Crippen LogP contribution in [0.3, 0.4) is 0 Å². The molecule has 0 N–H and O–H groups in total. The molecule has 2 aliphatic heterocycles. The smallest absolute Gasteiger partial charge is 0.410 e. The second kappa shape index (κ2) is 11.3. The Labute approximate surface area is 224 Å². The van der Waals surface area contributed by atoms with Gasteiger partial charge in [0.15, 0.2) is 0 Å². The third-order valence-electron chi connectivity index (χ3n) is 6.91. The summed E-state index contributed by atoms with van der Waals surface area (Å²) >= 11 is 0. The lowest BCUT2D eigenvalue weighted by molar-refractivity contribution is 0.0107. The third kappa shape index (κ3) is 6.85. The van der Waals surface area contributed by atoms with E-state index in [0.717, 1.165) is 11.1 Å². The van der Waals surface area contributed by atoms with Crippen LogP contribution in [0.4, 0.5) is 9.59 Å². The molecule has 0 aromatic heterocycles. The largest absolute Gasteiger partial charge is 0.445 e. The highest BCUT2D eigenvalue weighted by Gasteiger charge is 2.49. The molecule has 9 nitrogen and oxygen atoms in total. The lowest BCUT2D eigenvalue weighted by atomic mass is 9.85. The number of ether oxygens (including phenoxy) is 2. The first-order chi connectivity index (χ1) is 17.9. The van der Waals surface area contributed by atoms with Crippen molar-refractivity contribution in [2.24, 2.45) is 11.8 Å². The molecule has 2 saturated heterocycles. The summed E-state index contributed by atoms with van der Waals surface area (Å²) in [5, 5.41) is 0. The Balaban J connectivity index is 1.45. The van der Waals surface area contributed by atoms with Crippen LogP contribution in [0.5, 0.6) is 0 Å². The fourth-order valence-corrected chi connectivity index (χ4v) is 5.95. The van der Waals surface area contributed by atoms with E-state index in [9.17, 15) is 18.0 Å². The van der Waals surface area contributed by atoms with Crippen molar-refractivity contribution in [3.05, 3.63) is 65.7 Å². The van der Waals surface area contributed by atoms with Crippen LogP contribution in [-0.4, -0.2) is 68.3 Å². The Kier molecular flexibility index (Phi) is 8.32. The van der Waals surface area contributed by atoms with Crippen molar-refractivity contribution in [2.75, 3.05) is 26.2 Å². The summed E-state index contributed by atoms with van der Waals surface area (Å²) < 4.78 is 42.2. The molecule has 38 heavy (non-hydrogen) atoms. The molecule has 10 heteroatoms. The predicted molar refractivity (Wildman–Crippen MR) is 141 cm³/mol. The van der Waals surface area contributed by atoms with Crippen molar-refractivity contribution in [3.63, 3.8) is 0 Å². The van der Waals surface area contributed by atoms with Gasteiger partial charge in [-0.25, -0.2) is 9.59 Å². The van der Waals surface area contributed by atoms with E-state index in [1.807, 2.05) is 37.3 Å². The Morgan fingerprint density at radius 3 is 2.32 bits per heavy atom. The maximum Gasteiger partial charge on any atom is 0.410 e. The van der Waals surface area contributed by atoms with Crippen molar-refractivity contribution >= 4 is 22.3 Å². The highest BCUT2D eigenvalue weighted by atomic mass is 32.2. The van der Waals surface area contributed by atoms with Gasteiger partial charge in [-0.15, -0.1) is 0 Å². The van der Waals surface area contributed by atoms with Crippen LogP contribution >= 0.6 is 0 Å². The Hall–Kier alpha value is -3.11. The number of hydrogen-bond donors (Lipinski definition) is 0. The van der Waals surface area contributed by atoms with Gasteiger partial charge in [0, 0.05) is 25.6 Å². The molecule has 0 spiro atoms. The Morgan fingerprint density at radius 2 is 1.66 bits per heavy atom. The van der Waals surface area contributed by atoms with Gasteiger partial charge in [-0.1, -0.05) is 48.0 Å². The zero-order valence-corrected chi connectivity index (χ0v) is 23.1. The van der Waals surface area contributed by atoms with Crippen LogP contribution in [0.2, 0.25) is 0 Å². The van der Waals surface area contributed by atoms with Crippen molar-refractivity contribution in [1.82, 2.24) is 9.80 Å². The third-order valence-corrected chi connectivity index (χ3v) is 8.21. The van der Waals surface area contributed by atoms with E-state index in [-0.39, 0.29) is 49.1 Å². The molecule has 2 aromatic rings. The zero-order chi connectivity index (χ0) is 27.5. The number of hydrogen-bond acceptors (Lipinski definition) is 7. The quantitative estimate of drug-likeness (QED) is 0.490. The summed E-state index contributed by atoms with van der Waals surface area (Å²) in [7, 11) is -3.95. The first-order valence-corrected chi connectivity index (χ1v) is 14.2. The summed E-state index contributed by atoms with van der Waals surface area (Å²) in [6.07, 6.45) is -0.350. The highest BCUT2D eigenvalue weighted by Crippen LogP contribution is 2.38. The lowest BCUT2D eigenvalue weighted by Crippen LogP contribution is -2.52. The molecular formula is C28H36N2O7S. The SMILES string of the molecule is Cc1ccc(S(=O)(=O)OC[C@H]2CN(C(=O)OC(C)(C)C)[C@H]3CN(C(=O)OCc4ccccc4)CC[C@@H]23)cc1. The number of benzene rings is 2. The summed E-state index contributed by atoms with van der Waals surface area (Å²) in [4.78, 5) is 29.3. The van der Waals surface area contributed by atoms with Crippen molar-refractivity contribution in [2.45, 2.75) is 57.3 Å². The molecule has 2 amide bonds. The van der Waals surface area contributed by atoms with Crippen LogP contribution < -0.4 is 0 Å². The molecule has 0 unspecified atom stereocenters. The zero-order valence-electron chi connectivity index (χ0n) is 22.3. The first kappa shape index (κ1) is 27.9. The fourth-order valence-electron chi connectivity index (χ4n) is 4.99. The summed E-state index contributed by atoms with van der Waals surface area (Å²) in [5.74, 6) is -0.274. The number of carbonyl (C=O) groups is 2. The normalized spacial score (nSPS) is 21.6. The molecule has 0 aliphatic carbocycles. The monoisotopic (exact) mass is 544 g/mol. The average Bonchev–Trinajstić information content (AvgIpc) is 3.24. The summed E-state index contributed by atoms with van der Waals surface area (Å²) in [6, 6.07) is 15.6. The Bertz CT molecular complexity index is 1230. The number of rotatable bonds is 6. The molecule has 3 atom stereocenters. The number of likely N-dealkylation sites (tertiary alicyclic amines) is 2. The van der Waals surface area contributed by atoms with Crippen LogP contribution in [-0.2, 0) is 30.4 Å². The molecule has 2 aromatic carbocycles. The number of carbonyl (C=O) groups excluding carboxylic acids is 2. The molecule has 0 bridgehead atoms. The van der Waals surface area contributed by atoms with Gasteiger partial charge in [0.2, 0.25) is 0 Å². The van der Waals surface area contributed by atoms with E-state index in [2.05, 4.69) is 0 Å². The van der Waals surface area contributed by atoms with E-state index < -0.39 is 27.9 Å². The van der Waals surface area contributed by atoms with E-state index in [4.69, 9.17) is 13.7 Å². The maximum atomic E-state index is 13.1. The van der Waals surface area contributed by atoms with Gasteiger partial charge in [-0.2, -0.15) is 8.42 Å².